The van der Waals surface area contributed by atoms with Gasteiger partial charge < -0.3 is 5.09 Å². The molecule has 5 heteroatoms. The van der Waals surface area contributed by atoms with Gasteiger partial charge in [-0.25, -0.2) is 0 Å². The molecule has 0 radical (unpaired) electrons. The van der Waals surface area contributed by atoms with Crippen LogP contribution in [0.4, 0.5) is 5.69 Å². The Morgan fingerprint density at radius 1 is 1.30 bits per heavy atom. The van der Waals surface area contributed by atoms with Crippen LogP contribution < -0.4 is 5.09 Å². The number of halogens is 2. The third-order valence-corrected chi connectivity index (χ3v) is 2.49. The van der Waals surface area contributed by atoms with E-state index in [0.29, 0.717) is 0 Å². The third kappa shape index (κ3) is 1.68. The average Bonchev–Trinajstić information content (AvgIpc) is 1.88. The monoisotopic (exact) mass is 282 g/mol. The molecule has 1 heterocycles. The lowest BCUT2D eigenvalue weighted by Gasteiger charge is -2.03. The zero-order valence-corrected chi connectivity index (χ0v) is 9.26. The van der Waals surface area contributed by atoms with Crippen LogP contribution in [0.25, 0.3) is 0 Å². The van der Waals surface area contributed by atoms with E-state index in [1.54, 1.807) is 12.4 Å². The van der Waals surface area contributed by atoms with Gasteiger partial charge in [0.25, 0.3) is 0 Å². The number of aromatic nitrogens is 1. The molecular weight excluding hydrogens is 279 g/mol. The first-order valence-electron chi connectivity index (χ1n) is 2.51. The summed E-state index contributed by atoms with van der Waals surface area (Å²) < 4.78 is 1.88. The molecule has 10 heavy (non-hydrogen) atoms. The Morgan fingerprint density at radius 2 is 1.80 bits per heavy atom. The molecule has 0 saturated heterocycles. The summed E-state index contributed by atoms with van der Waals surface area (Å²) in [6.45, 7) is 0. The van der Waals surface area contributed by atoms with Crippen LogP contribution in [-0.4, -0.2) is 4.98 Å². The third-order valence-electron chi connectivity index (χ3n) is 0.998. The fourth-order valence-corrected chi connectivity index (χ4v) is 2.44. The largest absolute Gasteiger partial charge is 0.368 e. The molecule has 0 aliphatic carbocycles. The second-order valence-electron chi connectivity index (χ2n) is 1.62. The minimum Gasteiger partial charge on any atom is -0.368 e. The Morgan fingerprint density at radius 3 is 2.10 bits per heavy atom. The number of anilines is 1. The average molecular weight is 284 g/mol. The normalized spacial score (nSPS) is 9.50. The van der Waals surface area contributed by atoms with Crippen molar-refractivity contribution in [3.63, 3.8) is 0 Å². The summed E-state index contributed by atoms with van der Waals surface area (Å²) in [6.07, 6.45) is 3.47. The van der Waals surface area contributed by atoms with Gasteiger partial charge in [0.1, 0.15) is 0 Å². The first kappa shape index (κ1) is 8.44. The van der Waals surface area contributed by atoms with Crippen molar-refractivity contribution in [3.8, 4) is 0 Å². The maximum absolute atomic E-state index is 3.95. The topological polar surface area (TPSA) is 24.9 Å². The van der Waals surface area contributed by atoms with Crippen molar-refractivity contribution in [3.05, 3.63) is 21.3 Å². The van der Waals surface area contributed by atoms with E-state index in [2.05, 4.69) is 51.3 Å². The SMILES string of the molecule is PNc1c(Br)cncc1Br. The van der Waals surface area contributed by atoms with Gasteiger partial charge in [-0.2, -0.15) is 0 Å². The van der Waals surface area contributed by atoms with E-state index in [-0.39, 0.29) is 0 Å². The first-order chi connectivity index (χ1) is 4.75. The molecule has 1 rings (SSSR count). The minimum absolute atomic E-state index is 0.942. The van der Waals surface area contributed by atoms with Gasteiger partial charge in [0.2, 0.25) is 0 Å². The lowest BCUT2D eigenvalue weighted by Crippen LogP contribution is -1.84. The van der Waals surface area contributed by atoms with Crippen LogP contribution in [-0.2, 0) is 0 Å². The molecule has 0 aromatic carbocycles. The van der Waals surface area contributed by atoms with E-state index in [9.17, 15) is 0 Å². The standard InChI is InChI=1S/C5H5Br2N2P/c6-3-1-8-2-4(7)5(3)9-10/h1-2H,10H2,(H,8,9). The lowest BCUT2D eigenvalue weighted by molar-refractivity contribution is 1.29. The van der Waals surface area contributed by atoms with Gasteiger partial charge in [-0.3, -0.25) is 4.98 Å². The molecule has 0 aliphatic heterocycles. The van der Waals surface area contributed by atoms with Crippen LogP contribution in [0.1, 0.15) is 0 Å². The van der Waals surface area contributed by atoms with E-state index >= 15 is 0 Å². The van der Waals surface area contributed by atoms with Gasteiger partial charge >= 0.3 is 0 Å². The molecule has 1 aromatic rings. The predicted molar refractivity (Wildman–Crippen MR) is 53.0 cm³/mol. The zero-order chi connectivity index (χ0) is 7.56. The Bertz CT molecular complexity index is 221. The Balaban J connectivity index is 3.17. The van der Waals surface area contributed by atoms with Crippen LogP contribution in [0.5, 0.6) is 0 Å². The zero-order valence-electron chi connectivity index (χ0n) is 4.94. The molecule has 2 nitrogen and oxygen atoms in total. The first-order valence-corrected chi connectivity index (χ1v) is 4.67. The molecule has 0 fully saturated rings. The number of nitrogens with zero attached hydrogens (tertiary/aromatic N) is 1. The van der Waals surface area contributed by atoms with Crippen molar-refractivity contribution < 1.29 is 0 Å². The van der Waals surface area contributed by atoms with Crippen LogP contribution in [0.15, 0.2) is 21.3 Å². The highest BCUT2D eigenvalue weighted by Gasteiger charge is 2.00. The number of hydrogen-bond acceptors (Lipinski definition) is 2. The summed E-state index contributed by atoms with van der Waals surface area (Å²) in [6, 6.07) is 0. The van der Waals surface area contributed by atoms with Crippen LogP contribution in [0.2, 0.25) is 0 Å². The van der Waals surface area contributed by atoms with Crippen molar-refractivity contribution in [2.45, 2.75) is 0 Å². The summed E-state index contributed by atoms with van der Waals surface area (Å²) in [7, 11) is 2.42. The van der Waals surface area contributed by atoms with Crippen LogP contribution in [0.3, 0.4) is 0 Å². The summed E-state index contributed by atoms with van der Waals surface area (Å²) >= 11 is 6.68. The summed E-state index contributed by atoms with van der Waals surface area (Å²) in [5.41, 5.74) is 0.986. The fourth-order valence-electron chi connectivity index (χ4n) is 0.549. The van der Waals surface area contributed by atoms with Crippen molar-refractivity contribution in [2.75, 3.05) is 5.09 Å². The van der Waals surface area contributed by atoms with E-state index < -0.39 is 0 Å². The van der Waals surface area contributed by atoms with E-state index in [0.717, 1.165) is 14.6 Å². The molecule has 1 aromatic heterocycles. The van der Waals surface area contributed by atoms with Crippen molar-refractivity contribution in [1.82, 2.24) is 4.98 Å². The van der Waals surface area contributed by atoms with Gasteiger partial charge in [0, 0.05) is 12.4 Å². The summed E-state index contributed by atoms with van der Waals surface area (Å²) in [5.74, 6) is 0. The van der Waals surface area contributed by atoms with Crippen molar-refractivity contribution >= 4 is 46.9 Å². The van der Waals surface area contributed by atoms with E-state index in [1.807, 2.05) is 0 Å². The molecule has 0 aliphatic rings. The Hall–Kier alpha value is 0.340. The quantitative estimate of drug-likeness (QED) is 0.802. The van der Waals surface area contributed by atoms with Gasteiger partial charge in [0.15, 0.2) is 0 Å². The maximum atomic E-state index is 3.95. The van der Waals surface area contributed by atoms with Gasteiger partial charge in [-0.15, -0.1) is 0 Å². The van der Waals surface area contributed by atoms with Gasteiger partial charge in [0.05, 0.1) is 14.6 Å². The lowest BCUT2D eigenvalue weighted by atomic mass is 10.4. The van der Waals surface area contributed by atoms with Crippen LogP contribution in [0, 0.1) is 0 Å². The maximum Gasteiger partial charge on any atom is 0.0689 e. The number of hydrogen-bond donors (Lipinski definition) is 1. The Kier molecular flexibility index (Phi) is 3.08. The molecule has 54 valence electrons. The molecule has 1 atom stereocenters. The highest BCUT2D eigenvalue weighted by atomic mass is 79.9. The fraction of sp³-hybridized carbons (Fsp3) is 0. The number of nitrogens with one attached hydrogen (secondary N) is 1. The Labute approximate surface area is 78.3 Å². The van der Waals surface area contributed by atoms with Crippen molar-refractivity contribution in [2.24, 2.45) is 0 Å². The van der Waals surface area contributed by atoms with Crippen LogP contribution >= 0.6 is 41.3 Å². The van der Waals surface area contributed by atoms with E-state index in [1.165, 1.54) is 0 Å². The second-order valence-corrected chi connectivity index (χ2v) is 3.62. The summed E-state index contributed by atoms with van der Waals surface area (Å²) in [4.78, 5) is 3.95. The number of pyridine rings is 1. The van der Waals surface area contributed by atoms with Gasteiger partial charge in [-0.05, 0) is 41.3 Å². The molecule has 0 spiro atoms. The molecule has 0 bridgehead atoms. The van der Waals surface area contributed by atoms with Crippen molar-refractivity contribution in [1.29, 1.82) is 0 Å². The molecule has 1 N–H and O–H groups in total. The summed E-state index contributed by atoms with van der Waals surface area (Å²) in [5, 5.41) is 2.95. The second kappa shape index (κ2) is 3.65. The minimum atomic E-state index is 0.942. The molecule has 1 unspecified atom stereocenters. The highest BCUT2D eigenvalue weighted by Crippen LogP contribution is 2.29. The molecule has 0 amide bonds. The smallest absolute Gasteiger partial charge is 0.0689 e. The predicted octanol–water partition coefficient (Wildman–Crippen LogP) is 2.81. The van der Waals surface area contributed by atoms with E-state index in [4.69, 9.17) is 0 Å². The molecular formula is C5H5Br2N2P. The van der Waals surface area contributed by atoms with Gasteiger partial charge in [-0.1, -0.05) is 0 Å². The molecule has 0 saturated carbocycles. The highest BCUT2D eigenvalue weighted by molar-refractivity contribution is 9.11. The number of rotatable bonds is 1.